The normalized spacial score (nSPS) is 23.7. The lowest BCUT2D eigenvalue weighted by Crippen LogP contribution is -2.44. The second-order valence-corrected chi connectivity index (χ2v) is 8.20. The second-order valence-electron chi connectivity index (χ2n) is 8.20. The highest BCUT2D eigenvalue weighted by Crippen LogP contribution is 2.50. The van der Waals surface area contributed by atoms with Crippen LogP contribution in [0.25, 0.3) is 0 Å². The Bertz CT molecular complexity index is 1000. The molecule has 0 aliphatic carbocycles. The Morgan fingerprint density at radius 2 is 1.59 bits per heavy atom. The van der Waals surface area contributed by atoms with Crippen LogP contribution in [-0.2, 0) is 16.6 Å². The van der Waals surface area contributed by atoms with Crippen molar-refractivity contribution in [1.82, 2.24) is 4.90 Å². The number of nitrogens with zero attached hydrogens (tertiary/aromatic N) is 1. The summed E-state index contributed by atoms with van der Waals surface area (Å²) in [5.74, 6) is 0.393. The van der Waals surface area contributed by atoms with Gasteiger partial charge in [-0.2, -0.15) is 0 Å². The first-order valence-corrected chi connectivity index (χ1v) is 10.5. The maximum atomic E-state index is 13.5. The molecule has 3 aromatic rings. The van der Waals surface area contributed by atoms with Crippen molar-refractivity contribution in [2.75, 3.05) is 25.0 Å². The van der Waals surface area contributed by atoms with E-state index in [1.807, 2.05) is 30.3 Å². The van der Waals surface area contributed by atoms with Crippen LogP contribution in [0.1, 0.15) is 23.1 Å². The zero-order chi connectivity index (χ0) is 19.7. The van der Waals surface area contributed by atoms with Gasteiger partial charge in [-0.3, -0.25) is 4.79 Å². The summed E-state index contributed by atoms with van der Waals surface area (Å²) in [5, 5.41) is 3.18. The Morgan fingerprint density at radius 1 is 0.897 bits per heavy atom. The molecule has 0 aromatic heterocycles. The van der Waals surface area contributed by atoms with Gasteiger partial charge in [0.05, 0.1) is 0 Å². The SMILES string of the molecule is O=C1Nc2ccccc2C1(c1ccccc1)[C@@H]1CCN(CCc2ccccc2)C1. The van der Waals surface area contributed by atoms with Gasteiger partial charge < -0.3 is 10.2 Å². The number of para-hydroxylation sites is 1. The number of hydrogen-bond donors (Lipinski definition) is 1. The fourth-order valence-electron chi connectivity index (χ4n) is 5.23. The summed E-state index contributed by atoms with van der Waals surface area (Å²) in [4.78, 5) is 16.0. The summed E-state index contributed by atoms with van der Waals surface area (Å²) in [6, 6.07) is 29.2. The van der Waals surface area contributed by atoms with Crippen LogP contribution in [0.5, 0.6) is 0 Å². The molecule has 2 atom stereocenters. The predicted molar refractivity (Wildman–Crippen MR) is 117 cm³/mol. The van der Waals surface area contributed by atoms with Crippen molar-refractivity contribution in [1.29, 1.82) is 0 Å². The molecule has 2 heterocycles. The molecule has 1 amide bonds. The van der Waals surface area contributed by atoms with E-state index in [1.165, 1.54) is 5.56 Å². The van der Waals surface area contributed by atoms with Gasteiger partial charge in [0.1, 0.15) is 5.41 Å². The molecule has 1 unspecified atom stereocenters. The standard InChI is InChI=1S/C26H26N2O/c29-25-26(21-11-5-2-6-12-21,23-13-7-8-14-24(23)27-25)22-16-18-28(19-22)17-15-20-9-3-1-4-10-20/h1-14,22H,15-19H2,(H,27,29)/t22-,26?/m1/s1. The van der Waals surface area contributed by atoms with Crippen molar-refractivity contribution < 1.29 is 4.79 Å². The predicted octanol–water partition coefficient (Wildman–Crippen LogP) is 4.49. The largest absolute Gasteiger partial charge is 0.325 e. The van der Waals surface area contributed by atoms with Crippen LogP contribution >= 0.6 is 0 Å². The van der Waals surface area contributed by atoms with Crippen LogP contribution in [0.4, 0.5) is 5.69 Å². The van der Waals surface area contributed by atoms with E-state index in [1.54, 1.807) is 0 Å². The lowest BCUT2D eigenvalue weighted by atomic mass is 9.66. The molecular formula is C26H26N2O. The summed E-state index contributed by atoms with van der Waals surface area (Å²) in [6.45, 7) is 3.03. The van der Waals surface area contributed by atoms with Crippen LogP contribution in [-0.4, -0.2) is 30.4 Å². The number of anilines is 1. The number of benzene rings is 3. The van der Waals surface area contributed by atoms with Crippen molar-refractivity contribution in [2.24, 2.45) is 5.92 Å². The van der Waals surface area contributed by atoms with Crippen molar-refractivity contribution in [2.45, 2.75) is 18.3 Å². The third-order valence-corrected chi connectivity index (χ3v) is 6.63. The van der Waals surface area contributed by atoms with Crippen molar-refractivity contribution in [3.8, 4) is 0 Å². The first-order valence-electron chi connectivity index (χ1n) is 10.5. The van der Waals surface area contributed by atoms with E-state index < -0.39 is 5.41 Å². The molecule has 5 rings (SSSR count). The van der Waals surface area contributed by atoms with E-state index in [-0.39, 0.29) is 11.8 Å². The summed E-state index contributed by atoms with van der Waals surface area (Å²) in [7, 11) is 0. The van der Waals surface area contributed by atoms with E-state index >= 15 is 0 Å². The first-order chi connectivity index (χ1) is 14.3. The number of likely N-dealkylation sites (tertiary alicyclic amines) is 1. The highest BCUT2D eigenvalue weighted by molar-refractivity contribution is 6.09. The molecule has 0 radical (unpaired) electrons. The van der Waals surface area contributed by atoms with Gasteiger partial charge in [-0.25, -0.2) is 0 Å². The minimum Gasteiger partial charge on any atom is -0.325 e. The van der Waals surface area contributed by atoms with E-state index in [0.717, 1.165) is 49.3 Å². The zero-order valence-corrected chi connectivity index (χ0v) is 16.6. The van der Waals surface area contributed by atoms with Gasteiger partial charge in [-0.15, -0.1) is 0 Å². The molecule has 0 spiro atoms. The Labute approximate surface area is 172 Å². The Kier molecular flexibility index (Phi) is 4.69. The molecule has 3 nitrogen and oxygen atoms in total. The Hall–Kier alpha value is -2.91. The van der Waals surface area contributed by atoms with Gasteiger partial charge in [0, 0.05) is 18.8 Å². The minimum absolute atomic E-state index is 0.125. The number of rotatable bonds is 5. The molecule has 1 N–H and O–H groups in total. The Morgan fingerprint density at radius 3 is 2.38 bits per heavy atom. The number of carbonyl (C=O) groups excluding carboxylic acids is 1. The van der Waals surface area contributed by atoms with Gasteiger partial charge >= 0.3 is 0 Å². The molecular weight excluding hydrogens is 356 g/mol. The number of carbonyl (C=O) groups is 1. The Balaban J connectivity index is 1.45. The van der Waals surface area contributed by atoms with Gasteiger partial charge in [0.25, 0.3) is 0 Å². The van der Waals surface area contributed by atoms with Crippen LogP contribution < -0.4 is 5.32 Å². The van der Waals surface area contributed by atoms with Crippen molar-refractivity contribution in [3.05, 3.63) is 102 Å². The molecule has 1 fully saturated rings. The fourth-order valence-corrected chi connectivity index (χ4v) is 5.23. The van der Waals surface area contributed by atoms with E-state index in [2.05, 4.69) is 64.8 Å². The summed E-state index contributed by atoms with van der Waals surface area (Å²) in [5.41, 5.74) is 3.98. The van der Waals surface area contributed by atoms with E-state index in [9.17, 15) is 4.79 Å². The third kappa shape index (κ3) is 3.06. The monoisotopic (exact) mass is 382 g/mol. The molecule has 2 aliphatic rings. The van der Waals surface area contributed by atoms with E-state index in [4.69, 9.17) is 0 Å². The molecule has 1 saturated heterocycles. The smallest absolute Gasteiger partial charge is 0.239 e. The second kappa shape index (κ2) is 7.49. The molecule has 0 bridgehead atoms. The number of fused-ring (bicyclic) bond motifs is 1. The fraction of sp³-hybridized carbons (Fsp3) is 0.269. The van der Waals surface area contributed by atoms with Crippen LogP contribution in [0.2, 0.25) is 0 Å². The lowest BCUT2D eigenvalue weighted by Gasteiger charge is -2.34. The maximum Gasteiger partial charge on any atom is 0.239 e. The van der Waals surface area contributed by atoms with Crippen LogP contribution in [0, 0.1) is 5.92 Å². The van der Waals surface area contributed by atoms with Crippen LogP contribution in [0.15, 0.2) is 84.9 Å². The molecule has 3 heteroatoms. The molecule has 2 aliphatic heterocycles. The summed E-state index contributed by atoms with van der Waals surface area (Å²) < 4.78 is 0. The minimum atomic E-state index is -0.598. The highest BCUT2D eigenvalue weighted by atomic mass is 16.2. The van der Waals surface area contributed by atoms with Gasteiger partial charge in [-0.1, -0.05) is 78.9 Å². The lowest BCUT2D eigenvalue weighted by molar-refractivity contribution is -0.121. The van der Waals surface area contributed by atoms with Gasteiger partial charge in [0.2, 0.25) is 5.91 Å². The third-order valence-electron chi connectivity index (χ3n) is 6.63. The van der Waals surface area contributed by atoms with Crippen LogP contribution in [0.3, 0.4) is 0 Å². The summed E-state index contributed by atoms with van der Waals surface area (Å²) >= 11 is 0. The topological polar surface area (TPSA) is 32.3 Å². The molecule has 146 valence electrons. The maximum absolute atomic E-state index is 13.5. The highest BCUT2D eigenvalue weighted by Gasteiger charge is 2.54. The molecule has 0 saturated carbocycles. The average Bonchev–Trinajstić information content (AvgIpc) is 3.36. The molecule has 29 heavy (non-hydrogen) atoms. The molecule has 3 aromatic carbocycles. The summed E-state index contributed by atoms with van der Waals surface area (Å²) in [6.07, 6.45) is 2.08. The van der Waals surface area contributed by atoms with Gasteiger partial charge in [-0.05, 0) is 48.1 Å². The first kappa shape index (κ1) is 18.1. The van der Waals surface area contributed by atoms with E-state index in [0.29, 0.717) is 0 Å². The quantitative estimate of drug-likeness (QED) is 0.705. The van der Waals surface area contributed by atoms with Gasteiger partial charge in [0.15, 0.2) is 0 Å². The van der Waals surface area contributed by atoms with Crippen molar-refractivity contribution >= 4 is 11.6 Å². The van der Waals surface area contributed by atoms with Crippen molar-refractivity contribution in [3.63, 3.8) is 0 Å². The average molecular weight is 383 g/mol. The number of nitrogens with one attached hydrogen (secondary N) is 1. The zero-order valence-electron chi connectivity index (χ0n) is 16.6. The number of hydrogen-bond acceptors (Lipinski definition) is 2. The number of amides is 1.